The zero-order valence-electron chi connectivity index (χ0n) is 18.7. The summed E-state index contributed by atoms with van der Waals surface area (Å²) in [6.45, 7) is 3.97. The number of anilines is 2. The third-order valence-corrected chi connectivity index (χ3v) is 5.14. The summed E-state index contributed by atoms with van der Waals surface area (Å²) in [5.74, 6) is -1.70. The van der Waals surface area contributed by atoms with E-state index >= 15 is 0 Å². The first-order valence-electron chi connectivity index (χ1n) is 10.5. The molecule has 3 amide bonds. The number of hydrogen-bond acceptors (Lipinski definition) is 6. The largest absolute Gasteiger partial charge is 0.505 e. The monoisotopic (exact) mass is 436 g/mol. The van der Waals surface area contributed by atoms with Crippen LogP contribution in [0.4, 0.5) is 11.4 Å². The number of nitrogens with zero attached hydrogens (tertiary/aromatic N) is 2. The second-order valence-corrected chi connectivity index (χ2v) is 7.89. The molecule has 32 heavy (non-hydrogen) atoms. The highest BCUT2D eigenvalue weighted by Gasteiger charge is 2.40. The molecule has 1 heterocycles. The summed E-state index contributed by atoms with van der Waals surface area (Å²) in [5, 5.41) is 16.8. The number of phenols is 1. The SMILES string of the molecule is CCCC(C)NC1=C(Nc2cccc(C(=O)N(C)C)c2O)C(=O)N(c2ccccc2)C1=O. The van der Waals surface area contributed by atoms with Gasteiger partial charge in [0, 0.05) is 20.1 Å². The molecule has 8 nitrogen and oxygen atoms in total. The molecular formula is C24H28N4O4. The normalized spacial score (nSPS) is 14.6. The number of para-hydroxylation sites is 2. The quantitative estimate of drug-likeness (QED) is 0.434. The van der Waals surface area contributed by atoms with Crippen LogP contribution in [0, 0.1) is 0 Å². The van der Waals surface area contributed by atoms with Crippen molar-refractivity contribution in [1.82, 2.24) is 10.2 Å². The Morgan fingerprint density at radius 3 is 2.31 bits per heavy atom. The van der Waals surface area contributed by atoms with Gasteiger partial charge in [-0.3, -0.25) is 14.4 Å². The zero-order valence-corrected chi connectivity index (χ0v) is 18.7. The molecule has 1 aliphatic heterocycles. The Balaban J connectivity index is 2.03. The van der Waals surface area contributed by atoms with Crippen LogP contribution >= 0.6 is 0 Å². The van der Waals surface area contributed by atoms with Crippen LogP contribution in [-0.2, 0) is 9.59 Å². The average molecular weight is 437 g/mol. The molecule has 3 rings (SSSR count). The summed E-state index contributed by atoms with van der Waals surface area (Å²) in [4.78, 5) is 41.3. The van der Waals surface area contributed by atoms with Gasteiger partial charge in [0.25, 0.3) is 17.7 Å². The van der Waals surface area contributed by atoms with E-state index in [1.54, 1.807) is 56.6 Å². The van der Waals surface area contributed by atoms with Gasteiger partial charge in [-0.05, 0) is 37.6 Å². The number of carbonyl (C=O) groups excluding carboxylic acids is 3. The number of carbonyl (C=O) groups is 3. The molecule has 1 aliphatic rings. The van der Waals surface area contributed by atoms with E-state index in [1.165, 1.54) is 11.0 Å². The van der Waals surface area contributed by atoms with Gasteiger partial charge in [0.05, 0.1) is 16.9 Å². The zero-order chi connectivity index (χ0) is 23.4. The number of imide groups is 1. The third kappa shape index (κ3) is 4.44. The molecule has 0 radical (unpaired) electrons. The van der Waals surface area contributed by atoms with Crippen LogP contribution in [0.1, 0.15) is 37.0 Å². The Hall–Kier alpha value is -3.81. The van der Waals surface area contributed by atoms with Gasteiger partial charge < -0.3 is 20.6 Å². The Morgan fingerprint density at radius 1 is 1.03 bits per heavy atom. The Kier molecular flexibility index (Phi) is 6.82. The third-order valence-electron chi connectivity index (χ3n) is 5.14. The van der Waals surface area contributed by atoms with Crippen molar-refractivity contribution in [2.24, 2.45) is 0 Å². The molecule has 0 spiro atoms. The van der Waals surface area contributed by atoms with E-state index in [1.807, 2.05) is 13.8 Å². The van der Waals surface area contributed by atoms with Gasteiger partial charge in [0.15, 0.2) is 5.75 Å². The highest BCUT2D eigenvalue weighted by molar-refractivity contribution is 6.33. The maximum Gasteiger partial charge on any atom is 0.284 e. The molecule has 3 N–H and O–H groups in total. The molecule has 0 fully saturated rings. The van der Waals surface area contributed by atoms with E-state index in [-0.39, 0.29) is 40.3 Å². The van der Waals surface area contributed by atoms with Gasteiger partial charge in [-0.2, -0.15) is 0 Å². The van der Waals surface area contributed by atoms with E-state index in [4.69, 9.17) is 0 Å². The highest BCUT2D eigenvalue weighted by atomic mass is 16.3. The predicted molar refractivity (Wildman–Crippen MR) is 123 cm³/mol. The second kappa shape index (κ2) is 9.55. The van der Waals surface area contributed by atoms with Crippen LogP contribution in [0.5, 0.6) is 5.75 Å². The van der Waals surface area contributed by atoms with Crippen LogP contribution < -0.4 is 15.5 Å². The lowest BCUT2D eigenvalue weighted by Crippen LogP contribution is -2.35. The average Bonchev–Trinajstić information content (AvgIpc) is 2.99. The lowest BCUT2D eigenvalue weighted by atomic mass is 10.1. The van der Waals surface area contributed by atoms with Crippen LogP contribution in [0.25, 0.3) is 0 Å². The Labute approximate surface area is 187 Å². The minimum absolute atomic E-state index is 0.0200. The van der Waals surface area contributed by atoms with Crippen LogP contribution in [-0.4, -0.2) is 47.9 Å². The molecular weight excluding hydrogens is 408 g/mol. The number of hydrogen-bond donors (Lipinski definition) is 3. The molecule has 0 aromatic heterocycles. The van der Waals surface area contributed by atoms with Crippen molar-refractivity contribution >= 4 is 29.1 Å². The molecule has 1 unspecified atom stereocenters. The maximum atomic E-state index is 13.3. The van der Waals surface area contributed by atoms with Crippen molar-refractivity contribution in [3.63, 3.8) is 0 Å². The summed E-state index contributed by atoms with van der Waals surface area (Å²) in [7, 11) is 3.16. The topological polar surface area (TPSA) is 102 Å². The molecule has 0 bridgehead atoms. The number of aromatic hydroxyl groups is 1. The first-order chi connectivity index (χ1) is 15.3. The van der Waals surface area contributed by atoms with Gasteiger partial charge >= 0.3 is 0 Å². The number of rotatable bonds is 8. The molecule has 0 saturated heterocycles. The van der Waals surface area contributed by atoms with E-state index in [2.05, 4.69) is 10.6 Å². The maximum absolute atomic E-state index is 13.3. The van der Waals surface area contributed by atoms with Crippen molar-refractivity contribution in [3.05, 3.63) is 65.5 Å². The molecule has 8 heteroatoms. The van der Waals surface area contributed by atoms with Crippen LogP contribution in [0.2, 0.25) is 0 Å². The minimum Gasteiger partial charge on any atom is -0.505 e. The van der Waals surface area contributed by atoms with E-state index in [9.17, 15) is 19.5 Å². The first-order valence-corrected chi connectivity index (χ1v) is 10.5. The number of nitrogens with one attached hydrogen (secondary N) is 2. The summed E-state index contributed by atoms with van der Waals surface area (Å²) in [6, 6.07) is 13.3. The standard InChI is InChI=1S/C24H28N4O4/c1-5-10-15(2)25-19-20(24(32)28(23(19)31)16-11-7-6-8-12-16)26-18-14-9-13-17(21(18)29)22(30)27(3)4/h6-9,11-15,25-26,29H,5,10H2,1-4H3. The number of amides is 3. The van der Waals surface area contributed by atoms with E-state index in [0.29, 0.717) is 5.69 Å². The van der Waals surface area contributed by atoms with Crippen molar-refractivity contribution in [1.29, 1.82) is 0 Å². The second-order valence-electron chi connectivity index (χ2n) is 7.89. The van der Waals surface area contributed by atoms with E-state index < -0.39 is 11.8 Å². The van der Waals surface area contributed by atoms with Gasteiger partial charge in [0.2, 0.25) is 0 Å². The molecule has 2 aromatic carbocycles. The van der Waals surface area contributed by atoms with Crippen molar-refractivity contribution in [3.8, 4) is 5.75 Å². The molecule has 0 saturated carbocycles. The highest BCUT2D eigenvalue weighted by Crippen LogP contribution is 2.33. The Bertz CT molecular complexity index is 1060. The predicted octanol–water partition coefficient (Wildman–Crippen LogP) is 3.07. The van der Waals surface area contributed by atoms with Gasteiger partial charge in [-0.25, -0.2) is 4.90 Å². The van der Waals surface area contributed by atoms with Crippen molar-refractivity contribution in [2.75, 3.05) is 24.3 Å². The lowest BCUT2D eigenvalue weighted by Gasteiger charge is -2.17. The van der Waals surface area contributed by atoms with Gasteiger partial charge in [-0.15, -0.1) is 0 Å². The fourth-order valence-corrected chi connectivity index (χ4v) is 3.54. The molecule has 168 valence electrons. The number of phenolic OH excluding ortho intramolecular Hbond substituents is 1. The summed E-state index contributed by atoms with van der Waals surface area (Å²) < 4.78 is 0. The summed E-state index contributed by atoms with van der Waals surface area (Å²) in [6.07, 6.45) is 1.71. The number of benzene rings is 2. The summed E-state index contributed by atoms with van der Waals surface area (Å²) in [5.41, 5.74) is 0.843. The van der Waals surface area contributed by atoms with Gasteiger partial charge in [0.1, 0.15) is 11.4 Å². The van der Waals surface area contributed by atoms with Crippen LogP contribution in [0.15, 0.2) is 59.9 Å². The fraction of sp³-hybridized carbons (Fsp3) is 0.292. The van der Waals surface area contributed by atoms with Gasteiger partial charge in [-0.1, -0.05) is 37.6 Å². The van der Waals surface area contributed by atoms with Crippen molar-refractivity contribution < 1.29 is 19.5 Å². The molecule has 1 atom stereocenters. The van der Waals surface area contributed by atoms with Crippen molar-refractivity contribution in [2.45, 2.75) is 32.7 Å². The van der Waals surface area contributed by atoms with E-state index in [0.717, 1.165) is 17.7 Å². The van der Waals surface area contributed by atoms with Crippen LogP contribution in [0.3, 0.4) is 0 Å². The summed E-state index contributed by atoms with van der Waals surface area (Å²) >= 11 is 0. The fourth-order valence-electron chi connectivity index (χ4n) is 3.54. The smallest absolute Gasteiger partial charge is 0.284 e. The molecule has 2 aromatic rings. The Morgan fingerprint density at radius 2 is 1.69 bits per heavy atom. The minimum atomic E-state index is -0.545. The molecule has 0 aliphatic carbocycles. The first kappa shape index (κ1) is 22.9. The lowest BCUT2D eigenvalue weighted by molar-refractivity contribution is -0.120.